The van der Waals surface area contributed by atoms with Crippen LogP contribution in [-0.2, 0) is 0 Å². The summed E-state index contributed by atoms with van der Waals surface area (Å²) in [7, 11) is 0. The molecule has 0 N–H and O–H groups in total. The first kappa shape index (κ1) is 17.2. The smallest absolute Gasteiger partial charge is 0.257 e. The lowest BCUT2D eigenvalue weighted by Gasteiger charge is -2.23. The summed E-state index contributed by atoms with van der Waals surface area (Å²) in [5.41, 5.74) is 1.54. The lowest BCUT2D eigenvalue weighted by molar-refractivity contribution is 0.0763. The number of para-hydroxylation sites is 1. The highest BCUT2D eigenvalue weighted by Gasteiger charge is 2.23. The van der Waals surface area contributed by atoms with Gasteiger partial charge in [0, 0.05) is 26.2 Å². The molecular formula is C19H24N4O2. The number of anilines is 1. The van der Waals surface area contributed by atoms with Gasteiger partial charge < -0.3 is 14.5 Å². The van der Waals surface area contributed by atoms with Crippen LogP contribution in [0.5, 0.6) is 5.75 Å². The Kier molecular flexibility index (Phi) is 5.48. The summed E-state index contributed by atoms with van der Waals surface area (Å²) in [5.74, 6) is 1.55. The number of amides is 1. The van der Waals surface area contributed by atoms with Crippen molar-refractivity contribution < 1.29 is 9.53 Å². The highest BCUT2D eigenvalue weighted by atomic mass is 16.5. The number of carbonyl (C=O) groups excluding carboxylic acids is 1. The zero-order chi connectivity index (χ0) is 17.6. The average molecular weight is 340 g/mol. The molecule has 0 bridgehead atoms. The van der Waals surface area contributed by atoms with Gasteiger partial charge in [-0.1, -0.05) is 12.1 Å². The van der Waals surface area contributed by atoms with Crippen LogP contribution in [0.1, 0.15) is 29.4 Å². The van der Waals surface area contributed by atoms with Crippen molar-refractivity contribution in [1.29, 1.82) is 0 Å². The Hall–Kier alpha value is -2.63. The quantitative estimate of drug-likeness (QED) is 0.856. The second-order valence-corrected chi connectivity index (χ2v) is 6.09. The van der Waals surface area contributed by atoms with Crippen LogP contribution in [0, 0.1) is 6.92 Å². The molecule has 1 aromatic heterocycles. The number of hydrogen-bond acceptors (Lipinski definition) is 5. The SMILES string of the molecule is CCOc1ccccc1C(=O)N1CCCN(c2ccc(C)nn2)CC1. The summed E-state index contributed by atoms with van der Waals surface area (Å²) < 4.78 is 5.61. The fraction of sp³-hybridized carbons (Fsp3) is 0.421. The van der Waals surface area contributed by atoms with E-state index < -0.39 is 0 Å². The van der Waals surface area contributed by atoms with Gasteiger partial charge in [-0.15, -0.1) is 5.10 Å². The molecule has 0 saturated carbocycles. The monoisotopic (exact) mass is 340 g/mol. The van der Waals surface area contributed by atoms with E-state index in [4.69, 9.17) is 4.74 Å². The molecule has 3 rings (SSSR count). The largest absolute Gasteiger partial charge is 0.493 e. The van der Waals surface area contributed by atoms with E-state index in [0.29, 0.717) is 24.5 Å². The summed E-state index contributed by atoms with van der Waals surface area (Å²) in [6.45, 7) is 7.41. The highest BCUT2D eigenvalue weighted by molar-refractivity contribution is 5.97. The van der Waals surface area contributed by atoms with E-state index in [1.54, 1.807) is 0 Å². The van der Waals surface area contributed by atoms with Crippen molar-refractivity contribution in [2.75, 3.05) is 37.7 Å². The number of ether oxygens (including phenoxy) is 1. The Morgan fingerprint density at radius 1 is 1.08 bits per heavy atom. The van der Waals surface area contributed by atoms with Gasteiger partial charge in [0.05, 0.1) is 17.9 Å². The van der Waals surface area contributed by atoms with Crippen LogP contribution in [0.3, 0.4) is 0 Å². The van der Waals surface area contributed by atoms with E-state index >= 15 is 0 Å². The normalized spacial score (nSPS) is 15.0. The Morgan fingerprint density at radius 2 is 1.92 bits per heavy atom. The Labute approximate surface area is 148 Å². The van der Waals surface area contributed by atoms with E-state index in [-0.39, 0.29) is 5.91 Å². The van der Waals surface area contributed by atoms with Crippen molar-refractivity contribution >= 4 is 11.7 Å². The fourth-order valence-electron chi connectivity index (χ4n) is 3.01. The minimum Gasteiger partial charge on any atom is -0.493 e. The third-order valence-electron chi connectivity index (χ3n) is 4.31. The van der Waals surface area contributed by atoms with Crippen LogP contribution in [0.4, 0.5) is 5.82 Å². The van der Waals surface area contributed by atoms with Crippen molar-refractivity contribution in [2.24, 2.45) is 0 Å². The fourth-order valence-corrected chi connectivity index (χ4v) is 3.01. The summed E-state index contributed by atoms with van der Waals surface area (Å²) in [4.78, 5) is 17.0. The molecule has 1 aliphatic heterocycles. The minimum atomic E-state index is 0.0286. The predicted octanol–water partition coefficient (Wildman–Crippen LogP) is 2.54. The van der Waals surface area contributed by atoms with E-state index in [9.17, 15) is 4.79 Å². The molecule has 2 heterocycles. The molecule has 0 radical (unpaired) electrons. The molecular weight excluding hydrogens is 316 g/mol. The van der Waals surface area contributed by atoms with Gasteiger partial charge in [0.25, 0.3) is 5.91 Å². The second-order valence-electron chi connectivity index (χ2n) is 6.09. The topological polar surface area (TPSA) is 58.6 Å². The van der Waals surface area contributed by atoms with Crippen molar-refractivity contribution in [1.82, 2.24) is 15.1 Å². The van der Waals surface area contributed by atoms with Gasteiger partial charge >= 0.3 is 0 Å². The molecule has 25 heavy (non-hydrogen) atoms. The molecule has 1 aromatic carbocycles. The molecule has 2 aromatic rings. The average Bonchev–Trinajstić information content (AvgIpc) is 2.89. The van der Waals surface area contributed by atoms with Crippen molar-refractivity contribution in [3.63, 3.8) is 0 Å². The maximum absolute atomic E-state index is 12.9. The lowest BCUT2D eigenvalue weighted by atomic mass is 10.1. The lowest BCUT2D eigenvalue weighted by Crippen LogP contribution is -2.35. The van der Waals surface area contributed by atoms with Crippen LogP contribution in [0.25, 0.3) is 0 Å². The molecule has 0 aliphatic carbocycles. The second kappa shape index (κ2) is 7.96. The Bertz CT molecular complexity index is 718. The van der Waals surface area contributed by atoms with Gasteiger partial charge in [0.15, 0.2) is 5.82 Å². The third-order valence-corrected chi connectivity index (χ3v) is 4.31. The highest BCUT2D eigenvalue weighted by Crippen LogP contribution is 2.21. The first-order chi connectivity index (χ1) is 12.2. The van der Waals surface area contributed by atoms with Gasteiger partial charge in [0.1, 0.15) is 5.75 Å². The Morgan fingerprint density at radius 3 is 2.68 bits per heavy atom. The molecule has 1 amide bonds. The molecule has 6 heteroatoms. The molecule has 1 fully saturated rings. The van der Waals surface area contributed by atoms with Gasteiger partial charge in [-0.25, -0.2) is 0 Å². The summed E-state index contributed by atoms with van der Waals surface area (Å²) >= 11 is 0. The summed E-state index contributed by atoms with van der Waals surface area (Å²) in [6.07, 6.45) is 0.901. The number of benzene rings is 1. The number of rotatable bonds is 4. The van der Waals surface area contributed by atoms with Crippen LogP contribution in [0.15, 0.2) is 36.4 Å². The zero-order valence-corrected chi connectivity index (χ0v) is 14.8. The molecule has 0 unspecified atom stereocenters. The number of hydrogen-bond donors (Lipinski definition) is 0. The maximum Gasteiger partial charge on any atom is 0.257 e. The van der Waals surface area contributed by atoms with Crippen LogP contribution >= 0.6 is 0 Å². The number of aromatic nitrogens is 2. The zero-order valence-electron chi connectivity index (χ0n) is 14.8. The van der Waals surface area contributed by atoms with E-state index in [0.717, 1.165) is 37.6 Å². The standard InChI is InChI=1S/C19H24N4O2/c1-3-25-17-8-5-4-7-16(17)19(24)23-12-6-11-22(13-14-23)18-10-9-15(2)20-21-18/h4-5,7-10H,3,6,11-14H2,1-2H3. The molecule has 1 saturated heterocycles. The number of nitrogens with zero attached hydrogens (tertiary/aromatic N) is 4. The summed E-state index contributed by atoms with van der Waals surface area (Å²) in [6, 6.07) is 11.4. The van der Waals surface area contributed by atoms with E-state index in [1.807, 2.05) is 55.1 Å². The van der Waals surface area contributed by atoms with Crippen LogP contribution in [-0.4, -0.2) is 53.8 Å². The molecule has 0 atom stereocenters. The first-order valence-electron chi connectivity index (χ1n) is 8.75. The van der Waals surface area contributed by atoms with Crippen molar-refractivity contribution in [3.8, 4) is 5.75 Å². The van der Waals surface area contributed by atoms with Gasteiger partial charge in [-0.3, -0.25) is 4.79 Å². The van der Waals surface area contributed by atoms with Crippen molar-refractivity contribution in [3.05, 3.63) is 47.7 Å². The molecule has 1 aliphatic rings. The van der Waals surface area contributed by atoms with Crippen LogP contribution in [0.2, 0.25) is 0 Å². The number of aryl methyl sites for hydroxylation is 1. The van der Waals surface area contributed by atoms with E-state index in [1.165, 1.54) is 0 Å². The van der Waals surface area contributed by atoms with Crippen LogP contribution < -0.4 is 9.64 Å². The van der Waals surface area contributed by atoms with Gasteiger partial charge in [0.2, 0.25) is 0 Å². The third kappa shape index (κ3) is 4.07. The molecule has 6 nitrogen and oxygen atoms in total. The minimum absolute atomic E-state index is 0.0286. The van der Waals surface area contributed by atoms with Gasteiger partial charge in [-0.2, -0.15) is 5.10 Å². The number of carbonyl (C=O) groups is 1. The van der Waals surface area contributed by atoms with Crippen molar-refractivity contribution in [2.45, 2.75) is 20.3 Å². The maximum atomic E-state index is 12.9. The summed E-state index contributed by atoms with van der Waals surface area (Å²) in [5, 5.41) is 8.39. The first-order valence-corrected chi connectivity index (χ1v) is 8.75. The molecule has 132 valence electrons. The van der Waals surface area contributed by atoms with Gasteiger partial charge in [-0.05, 0) is 44.5 Å². The molecule has 0 spiro atoms. The van der Waals surface area contributed by atoms with E-state index in [2.05, 4.69) is 15.1 Å². The predicted molar refractivity (Wildman–Crippen MR) is 97.1 cm³/mol. The Balaban J connectivity index is 1.70.